The van der Waals surface area contributed by atoms with Crippen molar-refractivity contribution in [2.24, 2.45) is 5.73 Å². The highest BCUT2D eigenvalue weighted by molar-refractivity contribution is 6.31. The standard InChI is InChI=1S/C16H24ClFN2/c1-20(2)16(9-4-3-5-10-16)15(19)11-12-13(17)7-6-8-14(12)18/h6-8,15H,3-5,9-11,19H2,1-2H3. The van der Waals surface area contributed by atoms with Crippen molar-refractivity contribution in [1.82, 2.24) is 4.90 Å². The summed E-state index contributed by atoms with van der Waals surface area (Å²) in [5.41, 5.74) is 7.00. The van der Waals surface area contributed by atoms with E-state index >= 15 is 0 Å². The summed E-state index contributed by atoms with van der Waals surface area (Å²) in [7, 11) is 4.16. The lowest BCUT2D eigenvalue weighted by Crippen LogP contribution is -2.59. The molecule has 2 rings (SSSR count). The highest BCUT2D eigenvalue weighted by atomic mass is 35.5. The molecule has 0 spiro atoms. The van der Waals surface area contributed by atoms with E-state index < -0.39 is 0 Å². The molecule has 20 heavy (non-hydrogen) atoms. The summed E-state index contributed by atoms with van der Waals surface area (Å²) >= 11 is 6.13. The second-order valence-electron chi connectivity index (χ2n) is 6.07. The largest absolute Gasteiger partial charge is 0.326 e. The van der Waals surface area contributed by atoms with Gasteiger partial charge >= 0.3 is 0 Å². The highest BCUT2D eigenvalue weighted by Gasteiger charge is 2.40. The number of nitrogens with zero attached hydrogens (tertiary/aromatic N) is 1. The smallest absolute Gasteiger partial charge is 0.127 e. The number of benzene rings is 1. The topological polar surface area (TPSA) is 29.3 Å². The molecule has 1 aliphatic carbocycles. The zero-order chi connectivity index (χ0) is 14.8. The van der Waals surface area contributed by atoms with Crippen LogP contribution in [0.4, 0.5) is 4.39 Å². The van der Waals surface area contributed by atoms with E-state index in [-0.39, 0.29) is 17.4 Å². The summed E-state index contributed by atoms with van der Waals surface area (Å²) in [6, 6.07) is 4.72. The van der Waals surface area contributed by atoms with Gasteiger partial charge in [0, 0.05) is 22.2 Å². The van der Waals surface area contributed by atoms with Crippen LogP contribution >= 0.6 is 11.6 Å². The fourth-order valence-corrected chi connectivity index (χ4v) is 3.69. The van der Waals surface area contributed by atoms with Crippen molar-refractivity contribution in [1.29, 1.82) is 0 Å². The Hall–Kier alpha value is -0.640. The number of hydrogen-bond acceptors (Lipinski definition) is 2. The van der Waals surface area contributed by atoms with Crippen LogP contribution in [0.15, 0.2) is 18.2 Å². The molecule has 0 radical (unpaired) electrons. The fraction of sp³-hybridized carbons (Fsp3) is 0.625. The molecule has 112 valence electrons. The SMILES string of the molecule is CN(C)C1(C(N)Cc2c(F)cccc2Cl)CCCCC1. The van der Waals surface area contributed by atoms with Gasteiger partial charge < -0.3 is 10.6 Å². The van der Waals surface area contributed by atoms with Crippen molar-refractivity contribution >= 4 is 11.6 Å². The molecule has 0 aliphatic heterocycles. The minimum Gasteiger partial charge on any atom is -0.326 e. The normalized spacial score (nSPS) is 20.1. The highest BCUT2D eigenvalue weighted by Crippen LogP contribution is 2.36. The van der Waals surface area contributed by atoms with Crippen LogP contribution in [0.1, 0.15) is 37.7 Å². The van der Waals surface area contributed by atoms with Crippen molar-refractivity contribution in [3.8, 4) is 0 Å². The molecular weight excluding hydrogens is 275 g/mol. The van der Waals surface area contributed by atoms with Crippen LogP contribution in [-0.2, 0) is 6.42 Å². The van der Waals surface area contributed by atoms with Crippen LogP contribution in [-0.4, -0.2) is 30.6 Å². The second-order valence-corrected chi connectivity index (χ2v) is 6.48. The number of halogens is 2. The van der Waals surface area contributed by atoms with Gasteiger partial charge in [-0.1, -0.05) is 36.9 Å². The minimum absolute atomic E-state index is 0.0378. The van der Waals surface area contributed by atoms with Gasteiger partial charge in [-0.3, -0.25) is 0 Å². The molecule has 1 fully saturated rings. The van der Waals surface area contributed by atoms with Crippen LogP contribution in [0.5, 0.6) is 0 Å². The van der Waals surface area contributed by atoms with Gasteiger partial charge in [0.2, 0.25) is 0 Å². The lowest BCUT2D eigenvalue weighted by molar-refractivity contribution is 0.0713. The van der Waals surface area contributed by atoms with Crippen molar-refractivity contribution in [3.05, 3.63) is 34.6 Å². The molecule has 1 aromatic rings. The predicted octanol–water partition coefficient (Wildman–Crippen LogP) is 3.61. The minimum atomic E-state index is -0.252. The summed E-state index contributed by atoms with van der Waals surface area (Å²) < 4.78 is 14.0. The van der Waals surface area contributed by atoms with E-state index in [1.807, 2.05) is 0 Å². The first kappa shape index (κ1) is 15.7. The van der Waals surface area contributed by atoms with Crippen molar-refractivity contribution in [2.45, 2.75) is 50.1 Å². The molecule has 1 unspecified atom stereocenters. The molecule has 1 aliphatic rings. The first-order chi connectivity index (χ1) is 9.47. The third-order valence-corrected chi connectivity index (χ3v) is 5.14. The maximum absolute atomic E-state index is 14.0. The molecule has 1 aromatic carbocycles. The Labute approximate surface area is 126 Å². The molecule has 0 bridgehead atoms. The van der Waals surface area contributed by atoms with Gasteiger partial charge in [0.1, 0.15) is 5.82 Å². The lowest BCUT2D eigenvalue weighted by atomic mass is 9.74. The monoisotopic (exact) mass is 298 g/mol. The Morgan fingerprint density at radius 3 is 2.50 bits per heavy atom. The molecule has 2 N–H and O–H groups in total. The van der Waals surface area contributed by atoms with Crippen molar-refractivity contribution < 1.29 is 4.39 Å². The number of nitrogens with two attached hydrogens (primary N) is 1. The number of hydrogen-bond donors (Lipinski definition) is 1. The second kappa shape index (κ2) is 6.42. The predicted molar refractivity (Wildman–Crippen MR) is 82.6 cm³/mol. The van der Waals surface area contributed by atoms with E-state index in [0.717, 1.165) is 12.8 Å². The summed E-state index contributed by atoms with van der Waals surface area (Å²) in [6.07, 6.45) is 6.29. The van der Waals surface area contributed by atoms with Gasteiger partial charge in [-0.15, -0.1) is 0 Å². The summed E-state index contributed by atoms with van der Waals surface area (Å²) in [4.78, 5) is 2.23. The van der Waals surface area contributed by atoms with E-state index in [1.165, 1.54) is 25.3 Å². The maximum Gasteiger partial charge on any atom is 0.127 e. The molecule has 0 saturated heterocycles. The van der Waals surface area contributed by atoms with E-state index in [1.54, 1.807) is 12.1 Å². The van der Waals surface area contributed by atoms with Gasteiger partial charge in [-0.05, 0) is 45.5 Å². The maximum atomic E-state index is 14.0. The van der Waals surface area contributed by atoms with Gasteiger partial charge in [-0.2, -0.15) is 0 Å². The Morgan fingerprint density at radius 1 is 1.30 bits per heavy atom. The van der Waals surface area contributed by atoms with Crippen LogP contribution < -0.4 is 5.73 Å². The summed E-state index contributed by atoms with van der Waals surface area (Å²) in [5, 5.41) is 0.477. The molecule has 1 saturated carbocycles. The average molecular weight is 299 g/mol. The van der Waals surface area contributed by atoms with Crippen molar-refractivity contribution in [2.75, 3.05) is 14.1 Å². The Balaban J connectivity index is 2.23. The van der Waals surface area contributed by atoms with Gasteiger partial charge in [0.15, 0.2) is 0 Å². The third kappa shape index (κ3) is 3.00. The van der Waals surface area contributed by atoms with E-state index in [0.29, 0.717) is 17.0 Å². The van der Waals surface area contributed by atoms with Crippen LogP contribution in [0, 0.1) is 5.82 Å². The first-order valence-electron chi connectivity index (χ1n) is 7.33. The Kier molecular flexibility index (Phi) is 5.05. The van der Waals surface area contributed by atoms with E-state index in [2.05, 4.69) is 19.0 Å². The first-order valence-corrected chi connectivity index (χ1v) is 7.71. The average Bonchev–Trinajstić information content (AvgIpc) is 2.43. The molecule has 2 nitrogen and oxygen atoms in total. The van der Waals surface area contributed by atoms with Gasteiger partial charge in [0.25, 0.3) is 0 Å². The molecule has 0 amide bonds. The van der Waals surface area contributed by atoms with E-state index in [4.69, 9.17) is 17.3 Å². The Morgan fingerprint density at radius 2 is 1.95 bits per heavy atom. The van der Waals surface area contributed by atoms with Crippen LogP contribution in [0.3, 0.4) is 0 Å². The molecule has 4 heteroatoms. The zero-order valence-electron chi connectivity index (χ0n) is 12.3. The number of likely N-dealkylation sites (N-methyl/N-ethyl adjacent to an activating group) is 1. The quantitative estimate of drug-likeness (QED) is 0.920. The lowest BCUT2D eigenvalue weighted by Gasteiger charge is -2.47. The Bertz CT molecular complexity index is 436. The van der Waals surface area contributed by atoms with E-state index in [9.17, 15) is 4.39 Å². The van der Waals surface area contributed by atoms with Crippen molar-refractivity contribution in [3.63, 3.8) is 0 Å². The molecule has 0 heterocycles. The van der Waals surface area contributed by atoms with Gasteiger partial charge in [0.05, 0.1) is 0 Å². The zero-order valence-corrected chi connectivity index (χ0v) is 13.1. The van der Waals surface area contributed by atoms with Gasteiger partial charge in [-0.25, -0.2) is 4.39 Å². The fourth-order valence-electron chi connectivity index (χ4n) is 3.45. The summed E-state index contributed by atoms with van der Waals surface area (Å²) in [6.45, 7) is 0. The molecule has 1 atom stereocenters. The molecular formula is C16H24ClFN2. The third-order valence-electron chi connectivity index (χ3n) is 4.79. The number of rotatable bonds is 4. The summed E-state index contributed by atoms with van der Waals surface area (Å²) in [5.74, 6) is -0.252. The van der Waals surface area contributed by atoms with Crippen LogP contribution in [0.2, 0.25) is 5.02 Å². The molecule has 0 aromatic heterocycles. The van der Waals surface area contributed by atoms with Crippen LogP contribution in [0.25, 0.3) is 0 Å².